The molecular formula is C34H40F2N6O3. The van der Waals surface area contributed by atoms with Gasteiger partial charge in [0.15, 0.2) is 0 Å². The molecule has 8 heterocycles. The number of amides is 1. The van der Waals surface area contributed by atoms with Gasteiger partial charge in [0.1, 0.15) is 17.1 Å². The molecule has 0 bridgehead atoms. The van der Waals surface area contributed by atoms with E-state index in [2.05, 4.69) is 39.3 Å². The van der Waals surface area contributed by atoms with E-state index in [0.29, 0.717) is 56.8 Å². The lowest BCUT2D eigenvalue weighted by molar-refractivity contribution is -0.154. The fourth-order valence-electron chi connectivity index (χ4n) is 8.68. The molecular weight excluding hydrogens is 578 g/mol. The third kappa shape index (κ3) is 4.52. The van der Waals surface area contributed by atoms with Crippen molar-refractivity contribution in [3.05, 3.63) is 65.1 Å². The van der Waals surface area contributed by atoms with Crippen LogP contribution in [0.15, 0.2) is 37.1 Å². The molecule has 238 valence electrons. The number of nitrogens with zero attached hydrogens (tertiary/aromatic N) is 6. The highest BCUT2D eigenvalue weighted by Gasteiger charge is 2.57. The van der Waals surface area contributed by atoms with Gasteiger partial charge in [-0.05, 0) is 43.9 Å². The number of hydrogen-bond donors (Lipinski definition) is 0. The summed E-state index contributed by atoms with van der Waals surface area (Å²) in [6, 6.07) is 4.59. The quantitative estimate of drug-likeness (QED) is 0.473. The number of alkyl halides is 2. The van der Waals surface area contributed by atoms with Gasteiger partial charge in [-0.2, -0.15) is 0 Å². The summed E-state index contributed by atoms with van der Waals surface area (Å²) in [5, 5.41) is 0. The van der Waals surface area contributed by atoms with Crippen molar-refractivity contribution in [2.75, 3.05) is 68.8 Å². The monoisotopic (exact) mass is 618 g/mol. The molecule has 4 fully saturated rings. The molecule has 0 N–H and O–H groups in total. The molecule has 2 spiro atoms. The Balaban J connectivity index is 1.04. The van der Waals surface area contributed by atoms with Gasteiger partial charge < -0.3 is 24.2 Å². The SMILES string of the molecule is C=CC(=O)N1CCN(C2CN3c4cc(N5CCC6(CC5)O[C@]5(CCOC5)c5nccc(C)c56)nc(C(F)F)c4C=CCC23)CC1. The number of pyridine rings is 2. The van der Waals surface area contributed by atoms with Crippen molar-refractivity contribution < 1.29 is 23.0 Å². The van der Waals surface area contributed by atoms with Crippen LogP contribution in [0.5, 0.6) is 0 Å². The fraction of sp³-hybridized carbons (Fsp3) is 0.559. The van der Waals surface area contributed by atoms with Gasteiger partial charge in [-0.1, -0.05) is 18.7 Å². The van der Waals surface area contributed by atoms with Gasteiger partial charge in [0, 0.05) is 94.3 Å². The van der Waals surface area contributed by atoms with Gasteiger partial charge in [-0.25, -0.2) is 13.8 Å². The van der Waals surface area contributed by atoms with Crippen LogP contribution < -0.4 is 9.80 Å². The maximum absolute atomic E-state index is 14.6. The maximum atomic E-state index is 14.6. The average molecular weight is 619 g/mol. The first-order valence-electron chi connectivity index (χ1n) is 16.2. The third-order valence-electron chi connectivity index (χ3n) is 11.0. The lowest BCUT2D eigenvalue weighted by Gasteiger charge is -2.55. The average Bonchev–Trinajstić information content (AvgIpc) is 3.58. The minimum Gasteiger partial charge on any atom is -0.378 e. The minimum absolute atomic E-state index is 0.0260. The van der Waals surface area contributed by atoms with Crippen LogP contribution in [-0.4, -0.2) is 96.8 Å². The number of hydrogen-bond acceptors (Lipinski definition) is 8. The van der Waals surface area contributed by atoms with Crippen molar-refractivity contribution in [3.8, 4) is 0 Å². The third-order valence-corrected chi connectivity index (χ3v) is 11.0. The molecule has 2 aromatic heterocycles. The first-order chi connectivity index (χ1) is 21.8. The molecule has 0 radical (unpaired) electrons. The van der Waals surface area contributed by atoms with Crippen LogP contribution in [0, 0.1) is 6.92 Å². The summed E-state index contributed by atoms with van der Waals surface area (Å²) in [6.07, 6.45) is 7.47. The van der Waals surface area contributed by atoms with E-state index < -0.39 is 17.6 Å². The number of piperidine rings is 1. The molecule has 1 amide bonds. The Bertz CT molecular complexity index is 1540. The predicted octanol–water partition coefficient (Wildman–Crippen LogP) is 4.17. The van der Waals surface area contributed by atoms with Crippen LogP contribution >= 0.6 is 0 Å². The molecule has 0 saturated carbocycles. The molecule has 8 rings (SSSR count). The Labute approximate surface area is 262 Å². The lowest BCUT2D eigenvalue weighted by atomic mass is 9.81. The minimum atomic E-state index is -2.68. The molecule has 3 atom stereocenters. The van der Waals surface area contributed by atoms with Gasteiger partial charge >= 0.3 is 0 Å². The highest BCUT2D eigenvalue weighted by molar-refractivity contribution is 5.87. The Morgan fingerprint density at radius 1 is 1.11 bits per heavy atom. The normalized spacial score (nSPS) is 28.7. The molecule has 45 heavy (non-hydrogen) atoms. The number of halogens is 2. The lowest BCUT2D eigenvalue weighted by Crippen LogP contribution is -2.69. The number of ether oxygens (including phenoxy) is 2. The van der Waals surface area contributed by atoms with Gasteiger partial charge in [-0.3, -0.25) is 14.7 Å². The number of fused-ring (bicyclic) bond motifs is 6. The molecule has 0 aliphatic carbocycles. The van der Waals surface area contributed by atoms with Crippen LogP contribution in [0.1, 0.15) is 60.2 Å². The summed E-state index contributed by atoms with van der Waals surface area (Å²) in [5.41, 5.74) is 3.64. The number of carbonyl (C=O) groups excluding carboxylic acids is 1. The largest absolute Gasteiger partial charge is 0.378 e. The number of piperazine rings is 1. The van der Waals surface area contributed by atoms with Crippen LogP contribution in [0.2, 0.25) is 0 Å². The molecule has 9 nitrogen and oxygen atoms in total. The Hall–Kier alpha value is -3.41. The van der Waals surface area contributed by atoms with E-state index in [-0.39, 0.29) is 17.6 Å². The van der Waals surface area contributed by atoms with E-state index >= 15 is 0 Å². The van der Waals surface area contributed by atoms with Gasteiger partial charge in [-0.15, -0.1) is 0 Å². The first-order valence-corrected chi connectivity index (χ1v) is 16.2. The second-order valence-corrected chi connectivity index (χ2v) is 13.3. The Kier molecular flexibility index (Phi) is 6.99. The van der Waals surface area contributed by atoms with Crippen LogP contribution in [0.4, 0.5) is 20.3 Å². The number of aromatic nitrogens is 2. The van der Waals surface area contributed by atoms with Crippen molar-refractivity contribution in [3.63, 3.8) is 0 Å². The number of aryl methyl sites for hydroxylation is 1. The van der Waals surface area contributed by atoms with Gasteiger partial charge in [0.2, 0.25) is 5.91 Å². The van der Waals surface area contributed by atoms with Crippen molar-refractivity contribution in [2.45, 2.75) is 62.3 Å². The summed E-state index contributed by atoms with van der Waals surface area (Å²) in [5.74, 6) is 0.579. The topological polar surface area (TPSA) is 74.3 Å². The standard InChI is InChI=1S/C34H40F2N6O3/c1-3-28(43)41-16-14-39(15-17-41)26-20-42-24(26)6-4-5-23-25(42)19-27(38-30(23)32(35)36)40-12-8-33(9-13-40)29-22(2)7-11-37-31(29)34(45-33)10-18-44-21-34/h3-5,7,11,19,24,26,32H,1,6,8-10,12-18,20-21H2,2H3/t24?,26?,34-/m0/s1. The molecule has 6 aliphatic heterocycles. The maximum Gasteiger partial charge on any atom is 0.281 e. The summed E-state index contributed by atoms with van der Waals surface area (Å²) in [7, 11) is 0. The van der Waals surface area contributed by atoms with Crippen LogP contribution in [0.25, 0.3) is 6.08 Å². The van der Waals surface area contributed by atoms with Crippen molar-refractivity contribution in [1.29, 1.82) is 0 Å². The summed E-state index contributed by atoms with van der Waals surface area (Å²) >= 11 is 0. The smallest absolute Gasteiger partial charge is 0.281 e. The Morgan fingerprint density at radius 3 is 2.62 bits per heavy atom. The van der Waals surface area contributed by atoms with E-state index in [9.17, 15) is 13.6 Å². The Morgan fingerprint density at radius 2 is 1.91 bits per heavy atom. The van der Waals surface area contributed by atoms with Gasteiger partial charge in [0.05, 0.1) is 23.6 Å². The van der Waals surface area contributed by atoms with E-state index in [1.807, 2.05) is 29.3 Å². The summed E-state index contributed by atoms with van der Waals surface area (Å²) in [6.45, 7) is 11.9. The molecule has 2 unspecified atom stereocenters. The molecule has 2 aromatic rings. The number of anilines is 2. The van der Waals surface area contributed by atoms with Crippen molar-refractivity contribution >= 4 is 23.5 Å². The van der Waals surface area contributed by atoms with Crippen LogP contribution in [0.3, 0.4) is 0 Å². The zero-order valence-electron chi connectivity index (χ0n) is 25.8. The van der Waals surface area contributed by atoms with E-state index in [1.165, 1.54) is 17.2 Å². The second-order valence-electron chi connectivity index (χ2n) is 13.3. The molecule has 4 saturated heterocycles. The second kappa shape index (κ2) is 10.8. The predicted molar refractivity (Wildman–Crippen MR) is 166 cm³/mol. The summed E-state index contributed by atoms with van der Waals surface area (Å²) < 4.78 is 41.9. The first kappa shape index (κ1) is 29.0. The molecule has 6 aliphatic rings. The van der Waals surface area contributed by atoms with E-state index in [4.69, 9.17) is 14.5 Å². The molecule has 11 heteroatoms. The fourth-order valence-corrected chi connectivity index (χ4v) is 8.68. The highest BCUT2D eigenvalue weighted by Crippen LogP contribution is 2.55. The van der Waals surface area contributed by atoms with E-state index in [1.54, 1.807) is 0 Å². The summed E-state index contributed by atoms with van der Waals surface area (Å²) in [4.78, 5) is 30.2. The number of rotatable bonds is 4. The van der Waals surface area contributed by atoms with Gasteiger partial charge in [0.25, 0.3) is 6.43 Å². The van der Waals surface area contributed by atoms with Crippen molar-refractivity contribution in [2.24, 2.45) is 0 Å². The zero-order chi connectivity index (χ0) is 30.9. The van der Waals surface area contributed by atoms with Crippen molar-refractivity contribution in [1.82, 2.24) is 19.8 Å². The number of carbonyl (C=O) groups is 1. The van der Waals surface area contributed by atoms with E-state index in [0.717, 1.165) is 56.7 Å². The highest BCUT2D eigenvalue weighted by atomic mass is 19.3. The molecule has 0 aromatic carbocycles. The zero-order valence-corrected chi connectivity index (χ0v) is 25.8. The van der Waals surface area contributed by atoms with Crippen LogP contribution in [-0.2, 0) is 25.5 Å².